The van der Waals surface area contributed by atoms with Gasteiger partial charge in [0.1, 0.15) is 6.61 Å². The van der Waals surface area contributed by atoms with Crippen LogP contribution in [0.4, 0.5) is 18.9 Å². The van der Waals surface area contributed by atoms with Crippen LogP contribution in [0, 0.1) is 0 Å². The molecule has 1 rings (SSSR count). The summed E-state index contributed by atoms with van der Waals surface area (Å²) in [6.07, 6.45) is -4.21. The second-order valence-electron chi connectivity index (χ2n) is 3.62. The van der Waals surface area contributed by atoms with E-state index in [1.807, 2.05) is 6.92 Å². The summed E-state index contributed by atoms with van der Waals surface area (Å²) in [6, 6.07) is 0. The summed E-state index contributed by atoms with van der Waals surface area (Å²) in [7, 11) is 1.50. The molecule has 0 saturated heterocycles. The van der Waals surface area contributed by atoms with Gasteiger partial charge in [-0.2, -0.15) is 5.10 Å². The molecule has 0 fully saturated rings. The molecular formula is C10H14F3N3O3. The highest BCUT2D eigenvalue weighted by molar-refractivity contribution is 5.93. The number of nitrogens with two attached hydrogens (primary N) is 1. The number of aryl methyl sites for hydroxylation is 2. The van der Waals surface area contributed by atoms with Crippen molar-refractivity contribution in [1.29, 1.82) is 0 Å². The standard InChI is InChI=1S/C10H14F3N3O3/c1-3-6-7(14)8(16(2)15-6)9(17)18-4-5-19-10(11,12)13/h3-5,14H2,1-2H3. The molecule has 0 aromatic carbocycles. The smallest absolute Gasteiger partial charge is 0.458 e. The zero-order chi connectivity index (χ0) is 14.6. The Balaban J connectivity index is 2.57. The molecule has 108 valence electrons. The summed E-state index contributed by atoms with van der Waals surface area (Å²) in [6.45, 7) is 0.517. The number of aromatic nitrogens is 2. The molecule has 0 radical (unpaired) electrons. The van der Waals surface area contributed by atoms with E-state index in [0.29, 0.717) is 12.1 Å². The second-order valence-corrected chi connectivity index (χ2v) is 3.62. The van der Waals surface area contributed by atoms with Crippen molar-refractivity contribution in [3.8, 4) is 0 Å². The van der Waals surface area contributed by atoms with Gasteiger partial charge in [0.05, 0.1) is 18.0 Å². The molecule has 0 amide bonds. The van der Waals surface area contributed by atoms with Crippen LogP contribution in [0.25, 0.3) is 0 Å². The minimum atomic E-state index is -4.74. The number of nitrogens with zero attached hydrogens (tertiary/aromatic N) is 2. The maximum absolute atomic E-state index is 11.7. The van der Waals surface area contributed by atoms with Crippen molar-refractivity contribution in [1.82, 2.24) is 9.78 Å². The topological polar surface area (TPSA) is 79.4 Å². The molecule has 0 unspecified atom stereocenters. The fraction of sp³-hybridized carbons (Fsp3) is 0.600. The third-order valence-corrected chi connectivity index (χ3v) is 2.27. The normalized spacial score (nSPS) is 11.6. The number of rotatable bonds is 5. The van der Waals surface area contributed by atoms with E-state index in [2.05, 4.69) is 14.6 Å². The van der Waals surface area contributed by atoms with E-state index < -0.39 is 25.5 Å². The highest BCUT2D eigenvalue weighted by Gasteiger charge is 2.29. The van der Waals surface area contributed by atoms with Crippen LogP contribution in [0.3, 0.4) is 0 Å². The Morgan fingerprint density at radius 3 is 2.53 bits per heavy atom. The van der Waals surface area contributed by atoms with Gasteiger partial charge in [-0.05, 0) is 6.42 Å². The third kappa shape index (κ3) is 4.12. The first-order valence-corrected chi connectivity index (χ1v) is 5.45. The number of anilines is 1. The number of alkyl halides is 3. The summed E-state index contributed by atoms with van der Waals surface area (Å²) in [5.74, 6) is -0.835. The van der Waals surface area contributed by atoms with Crippen LogP contribution >= 0.6 is 0 Å². The average molecular weight is 281 g/mol. The fourth-order valence-electron chi connectivity index (χ4n) is 1.46. The molecule has 0 aliphatic carbocycles. The highest BCUT2D eigenvalue weighted by atomic mass is 19.4. The zero-order valence-corrected chi connectivity index (χ0v) is 10.5. The first-order valence-electron chi connectivity index (χ1n) is 5.45. The Morgan fingerprint density at radius 1 is 1.42 bits per heavy atom. The van der Waals surface area contributed by atoms with E-state index in [-0.39, 0.29) is 11.4 Å². The zero-order valence-electron chi connectivity index (χ0n) is 10.5. The van der Waals surface area contributed by atoms with Gasteiger partial charge in [-0.1, -0.05) is 6.92 Å². The molecule has 0 saturated carbocycles. The number of hydrogen-bond donors (Lipinski definition) is 1. The summed E-state index contributed by atoms with van der Waals surface area (Å²) < 4.78 is 44.4. The lowest BCUT2D eigenvalue weighted by atomic mass is 10.2. The summed E-state index contributed by atoms with van der Waals surface area (Å²) in [5, 5.41) is 4.00. The van der Waals surface area contributed by atoms with Crippen molar-refractivity contribution in [3.05, 3.63) is 11.4 Å². The number of carbonyl (C=O) groups excluding carboxylic acids is 1. The van der Waals surface area contributed by atoms with Crippen molar-refractivity contribution in [2.45, 2.75) is 19.7 Å². The van der Waals surface area contributed by atoms with Gasteiger partial charge < -0.3 is 10.5 Å². The number of carbonyl (C=O) groups is 1. The van der Waals surface area contributed by atoms with Gasteiger partial charge in [-0.3, -0.25) is 9.42 Å². The molecule has 6 nitrogen and oxygen atoms in total. The van der Waals surface area contributed by atoms with E-state index in [1.54, 1.807) is 0 Å². The van der Waals surface area contributed by atoms with Crippen molar-refractivity contribution < 1.29 is 27.4 Å². The Morgan fingerprint density at radius 2 is 2.05 bits per heavy atom. The van der Waals surface area contributed by atoms with Crippen molar-refractivity contribution in [3.63, 3.8) is 0 Å². The lowest BCUT2D eigenvalue weighted by Gasteiger charge is -2.08. The Bertz CT molecular complexity index is 457. The molecule has 0 aliphatic rings. The molecule has 0 atom stereocenters. The summed E-state index contributed by atoms with van der Waals surface area (Å²) in [4.78, 5) is 11.6. The molecule has 0 aliphatic heterocycles. The van der Waals surface area contributed by atoms with Crippen LogP contribution in [0.2, 0.25) is 0 Å². The van der Waals surface area contributed by atoms with Crippen LogP contribution < -0.4 is 5.73 Å². The van der Waals surface area contributed by atoms with Gasteiger partial charge in [-0.25, -0.2) is 4.79 Å². The molecular weight excluding hydrogens is 267 g/mol. The number of esters is 1. The minimum Gasteiger partial charge on any atom is -0.458 e. The lowest BCUT2D eigenvalue weighted by molar-refractivity contribution is -0.326. The molecule has 0 spiro atoms. The molecule has 9 heteroatoms. The number of ether oxygens (including phenoxy) is 2. The predicted octanol–water partition coefficient (Wildman–Crippen LogP) is 1.26. The van der Waals surface area contributed by atoms with Gasteiger partial charge >= 0.3 is 12.3 Å². The monoisotopic (exact) mass is 281 g/mol. The van der Waals surface area contributed by atoms with Gasteiger partial charge in [0.25, 0.3) is 0 Å². The Kier molecular flexibility index (Phi) is 4.76. The average Bonchev–Trinajstić information content (AvgIpc) is 2.58. The van der Waals surface area contributed by atoms with Gasteiger partial charge in [0.15, 0.2) is 5.69 Å². The number of halogens is 3. The van der Waals surface area contributed by atoms with Crippen molar-refractivity contribution in [2.75, 3.05) is 18.9 Å². The number of nitrogen functional groups attached to an aromatic ring is 1. The first-order chi connectivity index (χ1) is 8.76. The van der Waals surface area contributed by atoms with Crippen LogP contribution in [0.5, 0.6) is 0 Å². The van der Waals surface area contributed by atoms with Crippen LogP contribution in [0.1, 0.15) is 23.1 Å². The van der Waals surface area contributed by atoms with Gasteiger partial charge in [-0.15, -0.1) is 13.2 Å². The maximum atomic E-state index is 11.7. The van der Waals surface area contributed by atoms with E-state index in [4.69, 9.17) is 5.73 Å². The summed E-state index contributed by atoms with van der Waals surface area (Å²) >= 11 is 0. The quantitative estimate of drug-likeness (QED) is 0.649. The molecule has 1 heterocycles. The predicted molar refractivity (Wildman–Crippen MR) is 59.3 cm³/mol. The fourth-order valence-corrected chi connectivity index (χ4v) is 1.46. The van der Waals surface area contributed by atoms with Crippen LogP contribution in [-0.2, 0) is 22.9 Å². The van der Waals surface area contributed by atoms with E-state index in [0.717, 1.165) is 0 Å². The van der Waals surface area contributed by atoms with E-state index in [1.165, 1.54) is 11.7 Å². The van der Waals surface area contributed by atoms with Crippen LogP contribution in [0.15, 0.2) is 0 Å². The minimum absolute atomic E-state index is 0.0175. The van der Waals surface area contributed by atoms with Gasteiger partial charge in [0.2, 0.25) is 0 Å². The van der Waals surface area contributed by atoms with Crippen LogP contribution in [-0.4, -0.2) is 35.3 Å². The molecule has 19 heavy (non-hydrogen) atoms. The molecule has 0 bridgehead atoms. The maximum Gasteiger partial charge on any atom is 0.522 e. The highest BCUT2D eigenvalue weighted by Crippen LogP contribution is 2.18. The van der Waals surface area contributed by atoms with E-state index in [9.17, 15) is 18.0 Å². The summed E-state index contributed by atoms with van der Waals surface area (Å²) in [5.41, 5.74) is 6.41. The second kappa shape index (κ2) is 5.91. The van der Waals surface area contributed by atoms with E-state index >= 15 is 0 Å². The first kappa shape index (κ1) is 15.3. The van der Waals surface area contributed by atoms with Crippen molar-refractivity contribution in [2.24, 2.45) is 7.05 Å². The van der Waals surface area contributed by atoms with Crippen molar-refractivity contribution >= 4 is 11.7 Å². The molecule has 2 N–H and O–H groups in total. The Hall–Kier alpha value is -1.77. The Labute approximate surface area is 107 Å². The third-order valence-electron chi connectivity index (χ3n) is 2.27. The lowest BCUT2D eigenvalue weighted by Crippen LogP contribution is -2.20. The largest absolute Gasteiger partial charge is 0.522 e. The number of hydrogen-bond acceptors (Lipinski definition) is 5. The molecule has 1 aromatic heterocycles. The van der Waals surface area contributed by atoms with Gasteiger partial charge in [0, 0.05) is 7.05 Å². The SMILES string of the molecule is CCc1nn(C)c(C(=O)OCCOC(F)(F)F)c1N. The molecule has 1 aromatic rings.